The van der Waals surface area contributed by atoms with Crippen LogP contribution in [0.5, 0.6) is 5.75 Å². The van der Waals surface area contributed by atoms with Gasteiger partial charge in [-0.1, -0.05) is 36.4 Å². The van der Waals surface area contributed by atoms with E-state index in [0.29, 0.717) is 28.4 Å². The van der Waals surface area contributed by atoms with Crippen molar-refractivity contribution < 1.29 is 14.6 Å². The highest BCUT2D eigenvalue weighted by molar-refractivity contribution is 8.04. The zero-order valence-electron chi connectivity index (χ0n) is 14.6. The number of ether oxygens (including phenoxy) is 1. The zero-order valence-corrected chi connectivity index (χ0v) is 16.2. The van der Waals surface area contributed by atoms with E-state index in [1.807, 2.05) is 0 Å². The van der Waals surface area contributed by atoms with Crippen LogP contribution in [-0.4, -0.2) is 32.9 Å². The van der Waals surface area contributed by atoms with Crippen LogP contribution in [0.3, 0.4) is 0 Å². The second-order valence-corrected chi connectivity index (χ2v) is 7.00. The largest absolute Gasteiger partial charge is 0.490 e. The van der Waals surface area contributed by atoms with Crippen molar-refractivity contribution in [3.63, 3.8) is 0 Å². The van der Waals surface area contributed by atoms with Crippen LogP contribution in [0.4, 0.5) is 0 Å². The Morgan fingerprint density at radius 2 is 1.93 bits per heavy atom. The molecule has 2 N–H and O–H groups in total. The van der Waals surface area contributed by atoms with Gasteiger partial charge in [-0.25, -0.2) is 9.78 Å². The van der Waals surface area contributed by atoms with Gasteiger partial charge in [0.2, 0.25) is 5.16 Å². The van der Waals surface area contributed by atoms with Crippen molar-refractivity contribution in [1.29, 1.82) is 0 Å². The number of nitrogens with zero attached hydrogens (tertiary/aromatic N) is 2. The van der Waals surface area contributed by atoms with E-state index in [2.05, 4.69) is 21.8 Å². The lowest BCUT2D eigenvalue weighted by Crippen LogP contribution is -1.97. The summed E-state index contributed by atoms with van der Waals surface area (Å²) in [5, 5.41) is 17.3. The van der Waals surface area contributed by atoms with Crippen LogP contribution < -0.4 is 4.74 Å². The van der Waals surface area contributed by atoms with E-state index in [-0.39, 0.29) is 4.91 Å². The van der Waals surface area contributed by atoms with Gasteiger partial charge in [0.25, 0.3) is 0 Å². The summed E-state index contributed by atoms with van der Waals surface area (Å²) in [6.45, 7) is 4.00. The van der Waals surface area contributed by atoms with Crippen molar-refractivity contribution in [1.82, 2.24) is 15.2 Å². The average molecular weight is 414 g/mol. The number of rotatable bonds is 8. The molecule has 0 spiro atoms. The quantitative estimate of drug-likeness (QED) is 0.310. The first-order chi connectivity index (χ1) is 13.5. The minimum absolute atomic E-state index is 0.0985. The van der Waals surface area contributed by atoms with Gasteiger partial charge in [0.1, 0.15) is 17.3 Å². The molecule has 0 fully saturated rings. The molecule has 3 rings (SSSR count). The number of halogens is 1. The fourth-order valence-corrected chi connectivity index (χ4v) is 3.06. The Hall–Kier alpha value is -3.03. The maximum atomic E-state index is 11.6. The number of carbonyl (C=O) groups is 1. The Bertz CT molecular complexity index is 998. The summed E-state index contributed by atoms with van der Waals surface area (Å²) in [6.07, 6.45) is 3.21. The third kappa shape index (κ3) is 5.25. The van der Waals surface area contributed by atoms with E-state index in [1.54, 1.807) is 60.7 Å². The molecule has 2 aromatic carbocycles. The SMILES string of the molecule is C=CCOc1ccc(/C=C(\Sc2n[nH]c(-c3ccc(Cl)cc3)n2)C(=O)O)cc1. The van der Waals surface area contributed by atoms with Crippen LogP contribution in [0.1, 0.15) is 5.56 Å². The zero-order chi connectivity index (χ0) is 19.9. The van der Waals surface area contributed by atoms with Crippen LogP contribution in [0.15, 0.2) is 71.2 Å². The number of carboxylic acids is 1. The fraction of sp³-hybridized carbons (Fsp3) is 0.0500. The molecule has 142 valence electrons. The molecule has 0 unspecified atom stereocenters. The summed E-state index contributed by atoms with van der Waals surface area (Å²) >= 11 is 6.85. The number of carboxylic acid groups (broad SMARTS) is 1. The summed E-state index contributed by atoms with van der Waals surface area (Å²) in [6, 6.07) is 14.2. The van der Waals surface area contributed by atoms with Crippen molar-refractivity contribution in [2.24, 2.45) is 0 Å². The number of aliphatic carboxylic acids is 1. The maximum absolute atomic E-state index is 11.6. The number of benzene rings is 2. The van der Waals surface area contributed by atoms with Crippen molar-refractivity contribution >= 4 is 35.4 Å². The Labute approximate surface area is 170 Å². The molecule has 1 heterocycles. The number of hydrogen-bond acceptors (Lipinski definition) is 5. The lowest BCUT2D eigenvalue weighted by Gasteiger charge is -2.04. The molecule has 0 aliphatic rings. The maximum Gasteiger partial charge on any atom is 0.342 e. The fourth-order valence-electron chi connectivity index (χ4n) is 2.23. The number of aromatic nitrogens is 3. The summed E-state index contributed by atoms with van der Waals surface area (Å²) in [7, 11) is 0. The smallest absolute Gasteiger partial charge is 0.342 e. The summed E-state index contributed by atoms with van der Waals surface area (Å²) in [5.74, 6) is 0.158. The molecule has 6 nitrogen and oxygen atoms in total. The van der Waals surface area contributed by atoms with Gasteiger partial charge in [-0.15, -0.1) is 5.10 Å². The lowest BCUT2D eigenvalue weighted by atomic mass is 10.2. The summed E-state index contributed by atoms with van der Waals surface area (Å²) < 4.78 is 5.42. The van der Waals surface area contributed by atoms with Gasteiger partial charge in [-0.2, -0.15) is 0 Å². The molecule has 1 aromatic heterocycles. The predicted molar refractivity (Wildman–Crippen MR) is 110 cm³/mol. The molecule has 0 atom stereocenters. The van der Waals surface area contributed by atoms with E-state index in [4.69, 9.17) is 16.3 Å². The van der Waals surface area contributed by atoms with Crippen LogP contribution in [0.25, 0.3) is 17.5 Å². The highest BCUT2D eigenvalue weighted by Gasteiger charge is 2.14. The van der Waals surface area contributed by atoms with Crippen LogP contribution in [0, 0.1) is 0 Å². The van der Waals surface area contributed by atoms with Gasteiger partial charge in [-0.3, -0.25) is 5.10 Å². The van der Waals surface area contributed by atoms with E-state index in [0.717, 1.165) is 22.9 Å². The number of hydrogen-bond donors (Lipinski definition) is 2. The van der Waals surface area contributed by atoms with Gasteiger partial charge in [0.05, 0.1) is 0 Å². The van der Waals surface area contributed by atoms with Gasteiger partial charge in [-0.05, 0) is 59.8 Å². The van der Waals surface area contributed by atoms with E-state index >= 15 is 0 Å². The van der Waals surface area contributed by atoms with Gasteiger partial charge >= 0.3 is 5.97 Å². The molecule has 0 radical (unpaired) electrons. The standard InChI is InChI=1S/C20H16ClN3O3S/c1-2-11-27-16-9-3-13(4-10-16)12-17(19(25)26)28-20-22-18(23-24-20)14-5-7-15(21)8-6-14/h2-10,12H,1,11H2,(H,25,26)(H,22,23,24)/b17-12-. The minimum atomic E-state index is -1.06. The summed E-state index contributed by atoms with van der Waals surface area (Å²) in [4.78, 5) is 16.1. The highest BCUT2D eigenvalue weighted by Crippen LogP contribution is 2.28. The van der Waals surface area contributed by atoms with Crippen molar-refractivity contribution in [2.75, 3.05) is 6.61 Å². The molecule has 0 amide bonds. The molecule has 0 aliphatic carbocycles. The first-order valence-electron chi connectivity index (χ1n) is 8.20. The lowest BCUT2D eigenvalue weighted by molar-refractivity contribution is -0.131. The third-order valence-electron chi connectivity index (χ3n) is 3.54. The molecule has 3 aromatic rings. The van der Waals surface area contributed by atoms with E-state index < -0.39 is 5.97 Å². The van der Waals surface area contributed by atoms with E-state index in [9.17, 15) is 9.90 Å². The molecule has 0 bridgehead atoms. The van der Waals surface area contributed by atoms with Gasteiger partial charge in [0.15, 0.2) is 5.82 Å². The number of aromatic amines is 1. The van der Waals surface area contributed by atoms with Crippen LogP contribution in [0.2, 0.25) is 5.02 Å². The minimum Gasteiger partial charge on any atom is -0.490 e. The molecular weight excluding hydrogens is 398 g/mol. The molecule has 0 saturated heterocycles. The Morgan fingerprint density at radius 3 is 2.57 bits per heavy atom. The molecule has 28 heavy (non-hydrogen) atoms. The monoisotopic (exact) mass is 413 g/mol. The number of nitrogens with one attached hydrogen (secondary N) is 1. The number of thioether (sulfide) groups is 1. The third-order valence-corrected chi connectivity index (χ3v) is 4.67. The number of H-pyrrole nitrogens is 1. The Balaban J connectivity index is 1.76. The molecule has 0 saturated carbocycles. The topological polar surface area (TPSA) is 88.1 Å². The van der Waals surface area contributed by atoms with Crippen molar-refractivity contribution in [3.05, 3.63) is 76.7 Å². The summed E-state index contributed by atoms with van der Waals surface area (Å²) in [5.41, 5.74) is 1.53. The molecule has 0 aliphatic heterocycles. The average Bonchev–Trinajstić information content (AvgIpc) is 3.16. The van der Waals surface area contributed by atoms with Crippen LogP contribution in [-0.2, 0) is 4.79 Å². The molecule has 8 heteroatoms. The van der Waals surface area contributed by atoms with E-state index in [1.165, 1.54) is 0 Å². The molecular formula is C20H16ClN3O3S. The van der Waals surface area contributed by atoms with Crippen molar-refractivity contribution in [2.45, 2.75) is 5.16 Å². The Morgan fingerprint density at radius 1 is 1.21 bits per heavy atom. The predicted octanol–water partition coefficient (Wildman–Crippen LogP) is 4.91. The first-order valence-corrected chi connectivity index (χ1v) is 9.39. The normalized spacial score (nSPS) is 11.2. The van der Waals surface area contributed by atoms with Gasteiger partial charge < -0.3 is 9.84 Å². The first kappa shape index (κ1) is 19.7. The Kier molecular flexibility index (Phi) is 6.52. The second kappa shape index (κ2) is 9.25. The highest BCUT2D eigenvalue weighted by atomic mass is 35.5. The van der Waals surface area contributed by atoms with Crippen LogP contribution >= 0.6 is 23.4 Å². The van der Waals surface area contributed by atoms with Crippen molar-refractivity contribution in [3.8, 4) is 17.1 Å². The second-order valence-electron chi connectivity index (χ2n) is 5.56. The van der Waals surface area contributed by atoms with Gasteiger partial charge in [0, 0.05) is 10.6 Å².